The van der Waals surface area contributed by atoms with Gasteiger partial charge >= 0.3 is 0 Å². The van der Waals surface area contributed by atoms with Crippen molar-refractivity contribution in [1.82, 2.24) is 10.3 Å². The molecule has 0 spiro atoms. The Hall–Kier alpha value is -2.92. The van der Waals surface area contributed by atoms with Crippen molar-refractivity contribution in [3.63, 3.8) is 0 Å². The Kier molecular flexibility index (Phi) is 5.26. The van der Waals surface area contributed by atoms with Gasteiger partial charge in [-0.15, -0.1) is 0 Å². The van der Waals surface area contributed by atoms with E-state index in [0.717, 1.165) is 16.5 Å². The van der Waals surface area contributed by atoms with E-state index in [4.69, 9.17) is 4.74 Å². The molecule has 5 nitrogen and oxygen atoms in total. The van der Waals surface area contributed by atoms with Crippen LogP contribution < -0.4 is 5.32 Å². The van der Waals surface area contributed by atoms with Crippen LogP contribution in [0, 0.1) is 0 Å². The molecule has 128 valence electrons. The molecule has 0 aliphatic heterocycles. The van der Waals surface area contributed by atoms with Crippen molar-refractivity contribution in [2.24, 2.45) is 0 Å². The summed E-state index contributed by atoms with van der Waals surface area (Å²) >= 11 is 0. The Morgan fingerprint density at radius 2 is 1.76 bits per heavy atom. The number of carbonyl (C=O) groups is 2. The standard InChI is InChI=1S/C20H20N2O3/c1-25-13-7-12-21-20(24)19(23)17-15-10-5-6-11-16(15)22-18(17)14-8-3-2-4-9-14/h2-6,8-11,22H,7,12-13H2,1H3,(H,21,24). The minimum absolute atomic E-state index is 0.404. The van der Waals surface area contributed by atoms with E-state index >= 15 is 0 Å². The predicted octanol–water partition coefficient (Wildman–Crippen LogP) is 3.17. The van der Waals surface area contributed by atoms with Crippen molar-refractivity contribution in [3.05, 3.63) is 60.2 Å². The fourth-order valence-electron chi connectivity index (χ4n) is 2.81. The Bertz CT molecular complexity index is 884. The molecule has 2 N–H and O–H groups in total. The van der Waals surface area contributed by atoms with Crippen LogP contribution in [0.4, 0.5) is 0 Å². The fraction of sp³-hybridized carbons (Fsp3) is 0.200. The molecular formula is C20H20N2O3. The minimum atomic E-state index is -0.599. The fourth-order valence-corrected chi connectivity index (χ4v) is 2.81. The largest absolute Gasteiger partial charge is 0.385 e. The van der Waals surface area contributed by atoms with Crippen LogP contribution in [0.15, 0.2) is 54.6 Å². The third kappa shape index (κ3) is 3.61. The van der Waals surface area contributed by atoms with Crippen molar-refractivity contribution in [2.75, 3.05) is 20.3 Å². The highest BCUT2D eigenvalue weighted by molar-refractivity contribution is 6.46. The van der Waals surface area contributed by atoms with Gasteiger partial charge in [-0.25, -0.2) is 0 Å². The molecule has 2 aromatic carbocycles. The number of methoxy groups -OCH3 is 1. The summed E-state index contributed by atoms with van der Waals surface area (Å²) in [6.45, 7) is 0.943. The Labute approximate surface area is 146 Å². The lowest BCUT2D eigenvalue weighted by Crippen LogP contribution is -2.32. The maximum Gasteiger partial charge on any atom is 0.292 e. The van der Waals surface area contributed by atoms with Gasteiger partial charge in [0.25, 0.3) is 11.7 Å². The maximum atomic E-state index is 12.8. The highest BCUT2D eigenvalue weighted by Crippen LogP contribution is 2.30. The zero-order chi connectivity index (χ0) is 17.6. The third-order valence-corrected chi connectivity index (χ3v) is 4.01. The first-order valence-electron chi connectivity index (χ1n) is 8.20. The number of aromatic amines is 1. The summed E-state index contributed by atoms with van der Waals surface area (Å²) in [5, 5.41) is 3.42. The number of benzene rings is 2. The lowest BCUT2D eigenvalue weighted by Gasteiger charge is -2.06. The molecular weight excluding hydrogens is 316 g/mol. The summed E-state index contributed by atoms with van der Waals surface area (Å²) in [5.41, 5.74) is 2.77. The number of aromatic nitrogens is 1. The first-order chi connectivity index (χ1) is 12.2. The lowest BCUT2D eigenvalue weighted by atomic mass is 10.0. The van der Waals surface area contributed by atoms with E-state index in [-0.39, 0.29) is 0 Å². The summed E-state index contributed by atoms with van der Waals surface area (Å²) in [7, 11) is 1.60. The number of nitrogens with one attached hydrogen (secondary N) is 2. The quantitative estimate of drug-likeness (QED) is 0.395. The molecule has 0 radical (unpaired) electrons. The normalized spacial score (nSPS) is 10.8. The first kappa shape index (κ1) is 16.9. The molecule has 25 heavy (non-hydrogen) atoms. The first-order valence-corrected chi connectivity index (χ1v) is 8.20. The summed E-state index contributed by atoms with van der Waals surface area (Å²) < 4.78 is 4.95. The van der Waals surface area contributed by atoms with Crippen molar-refractivity contribution in [2.45, 2.75) is 6.42 Å². The van der Waals surface area contributed by atoms with Crippen LogP contribution in [0.2, 0.25) is 0 Å². The van der Waals surface area contributed by atoms with E-state index in [1.54, 1.807) is 7.11 Å². The van der Waals surface area contributed by atoms with Crippen LogP contribution in [0.3, 0.4) is 0 Å². The van der Waals surface area contributed by atoms with Gasteiger partial charge in [0.2, 0.25) is 0 Å². The van der Waals surface area contributed by atoms with Gasteiger partial charge in [-0.3, -0.25) is 9.59 Å². The number of ketones is 1. The molecule has 0 aliphatic rings. The molecule has 3 rings (SSSR count). The monoisotopic (exact) mass is 336 g/mol. The second-order valence-electron chi connectivity index (χ2n) is 5.72. The SMILES string of the molecule is COCCCNC(=O)C(=O)c1c(-c2ccccc2)[nH]c2ccccc12. The number of ether oxygens (including phenoxy) is 1. The van der Waals surface area contributed by atoms with Gasteiger partial charge in [-0.05, 0) is 18.1 Å². The van der Waals surface area contributed by atoms with Crippen LogP contribution in [0.25, 0.3) is 22.2 Å². The zero-order valence-electron chi connectivity index (χ0n) is 14.0. The molecule has 0 fully saturated rings. The van der Waals surface area contributed by atoms with Crippen molar-refractivity contribution < 1.29 is 14.3 Å². The molecule has 0 aliphatic carbocycles. The molecule has 0 bridgehead atoms. The number of H-pyrrole nitrogens is 1. The van der Waals surface area contributed by atoms with Crippen LogP contribution in [-0.2, 0) is 9.53 Å². The summed E-state index contributed by atoms with van der Waals surface area (Å²) in [5.74, 6) is -1.13. The van der Waals surface area contributed by atoms with E-state index in [9.17, 15) is 9.59 Å². The van der Waals surface area contributed by atoms with Gasteiger partial charge in [0.05, 0.1) is 11.3 Å². The molecule has 1 aromatic heterocycles. The van der Waals surface area contributed by atoms with Gasteiger partial charge in [0.15, 0.2) is 0 Å². The van der Waals surface area contributed by atoms with Gasteiger partial charge in [-0.2, -0.15) is 0 Å². The molecule has 0 atom stereocenters. The Balaban J connectivity index is 1.96. The number of para-hydroxylation sites is 1. The zero-order valence-corrected chi connectivity index (χ0v) is 14.0. The molecule has 3 aromatic rings. The van der Waals surface area contributed by atoms with Crippen molar-refractivity contribution in [1.29, 1.82) is 0 Å². The summed E-state index contributed by atoms with van der Waals surface area (Å²) in [6, 6.07) is 17.1. The van der Waals surface area contributed by atoms with Gasteiger partial charge < -0.3 is 15.0 Å². The van der Waals surface area contributed by atoms with Gasteiger partial charge in [0.1, 0.15) is 0 Å². The summed E-state index contributed by atoms with van der Waals surface area (Å²) in [6.07, 6.45) is 0.662. The van der Waals surface area contributed by atoms with E-state index in [0.29, 0.717) is 30.8 Å². The Morgan fingerprint density at radius 1 is 1.04 bits per heavy atom. The van der Waals surface area contributed by atoms with E-state index in [1.165, 1.54) is 0 Å². The summed E-state index contributed by atoms with van der Waals surface area (Å²) in [4.78, 5) is 28.4. The van der Waals surface area contributed by atoms with Crippen LogP contribution in [0.5, 0.6) is 0 Å². The average Bonchev–Trinajstić information content (AvgIpc) is 3.04. The molecule has 5 heteroatoms. The van der Waals surface area contributed by atoms with E-state index in [1.807, 2.05) is 54.6 Å². The smallest absolute Gasteiger partial charge is 0.292 e. The molecule has 1 heterocycles. The van der Waals surface area contributed by atoms with Crippen LogP contribution in [-0.4, -0.2) is 36.9 Å². The predicted molar refractivity (Wildman–Crippen MR) is 97.6 cm³/mol. The second-order valence-corrected chi connectivity index (χ2v) is 5.72. The van der Waals surface area contributed by atoms with E-state index < -0.39 is 11.7 Å². The minimum Gasteiger partial charge on any atom is -0.385 e. The Morgan fingerprint density at radius 3 is 2.52 bits per heavy atom. The maximum absolute atomic E-state index is 12.8. The number of hydrogen-bond acceptors (Lipinski definition) is 3. The number of rotatable bonds is 7. The average molecular weight is 336 g/mol. The van der Waals surface area contributed by atoms with Gasteiger partial charge in [-0.1, -0.05) is 48.5 Å². The van der Waals surface area contributed by atoms with E-state index in [2.05, 4.69) is 10.3 Å². The van der Waals surface area contributed by atoms with Crippen molar-refractivity contribution in [3.8, 4) is 11.3 Å². The lowest BCUT2D eigenvalue weighted by molar-refractivity contribution is -0.117. The number of fused-ring (bicyclic) bond motifs is 1. The highest BCUT2D eigenvalue weighted by atomic mass is 16.5. The number of amides is 1. The molecule has 0 saturated carbocycles. The van der Waals surface area contributed by atoms with Crippen molar-refractivity contribution >= 4 is 22.6 Å². The van der Waals surface area contributed by atoms with Crippen LogP contribution >= 0.6 is 0 Å². The highest BCUT2D eigenvalue weighted by Gasteiger charge is 2.24. The van der Waals surface area contributed by atoms with Gasteiger partial charge in [0, 0.05) is 31.2 Å². The number of Topliss-reactive ketones (excluding diaryl/α,β-unsaturated/α-hetero) is 1. The molecule has 1 amide bonds. The third-order valence-electron chi connectivity index (χ3n) is 4.01. The number of hydrogen-bond donors (Lipinski definition) is 2. The second kappa shape index (κ2) is 7.77. The molecule has 0 unspecified atom stereocenters. The van der Waals surface area contributed by atoms with Crippen LogP contribution in [0.1, 0.15) is 16.8 Å². The number of carbonyl (C=O) groups excluding carboxylic acids is 2. The molecule has 0 saturated heterocycles. The topological polar surface area (TPSA) is 71.2 Å².